The van der Waals surface area contributed by atoms with Gasteiger partial charge >= 0.3 is 0 Å². The number of nitrogens with one attached hydrogen (secondary N) is 1. The molecule has 0 fully saturated rings. The van der Waals surface area contributed by atoms with Crippen LogP contribution < -0.4 is 5.32 Å². The van der Waals surface area contributed by atoms with Crippen LogP contribution in [0.1, 0.15) is 53.4 Å². The Kier molecular flexibility index (Phi) is 10.0. The Balaban J connectivity index is 3.43. The zero-order valence-electron chi connectivity index (χ0n) is 12.1. The Morgan fingerprint density at radius 3 is 2.31 bits per heavy atom. The van der Waals surface area contributed by atoms with Gasteiger partial charge in [0.1, 0.15) is 0 Å². The van der Waals surface area contributed by atoms with E-state index in [1.807, 2.05) is 0 Å². The molecule has 0 aromatic carbocycles. The molecule has 16 heavy (non-hydrogen) atoms. The van der Waals surface area contributed by atoms with E-state index in [1.54, 1.807) is 0 Å². The highest BCUT2D eigenvalue weighted by Gasteiger charge is 2.08. The summed E-state index contributed by atoms with van der Waals surface area (Å²) in [6.45, 7) is 12.7. The first-order valence-corrected chi connectivity index (χ1v) is 6.98. The van der Waals surface area contributed by atoms with Gasteiger partial charge in [-0.15, -0.1) is 0 Å². The highest BCUT2D eigenvalue weighted by molar-refractivity contribution is 4.64. The lowest BCUT2D eigenvalue weighted by Gasteiger charge is -2.25. The smallest absolute Gasteiger partial charge is 0.00643 e. The molecule has 0 amide bonds. The molecule has 2 heteroatoms. The first-order chi connectivity index (χ1) is 7.57. The van der Waals surface area contributed by atoms with Crippen LogP contribution in [0.3, 0.4) is 0 Å². The molecule has 0 bridgehead atoms. The van der Waals surface area contributed by atoms with Gasteiger partial charge in [-0.3, -0.25) is 0 Å². The van der Waals surface area contributed by atoms with Crippen LogP contribution in [0.2, 0.25) is 0 Å². The molecule has 0 aliphatic carbocycles. The molecule has 0 saturated heterocycles. The van der Waals surface area contributed by atoms with Crippen LogP contribution in [0.5, 0.6) is 0 Å². The van der Waals surface area contributed by atoms with Crippen molar-refractivity contribution >= 4 is 0 Å². The van der Waals surface area contributed by atoms with Crippen LogP contribution in [0.25, 0.3) is 0 Å². The molecule has 98 valence electrons. The molecular weight excluding hydrogens is 196 g/mol. The van der Waals surface area contributed by atoms with Gasteiger partial charge in [0.15, 0.2) is 0 Å². The van der Waals surface area contributed by atoms with Gasteiger partial charge in [0.25, 0.3) is 0 Å². The Morgan fingerprint density at radius 2 is 1.75 bits per heavy atom. The highest BCUT2D eigenvalue weighted by atomic mass is 15.1. The van der Waals surface area contributed by atoms with Gasteiger partial charge in [0.05, 0.1) is 0 Å². The molecule has 0 saturated carbocycles. The third-order valence-electron chi connectivity index (χ3n) is 3.21. The normalized spacial score (nSPS) is 13.7. The summed E-state index contributed by atoms with van der Waals surface area (Å²) in [6, 6.07) is 0.724. The molecule has 0 rings (SSSR count). The topological polar surface area (TPSA) is 15.3 Å². The maximum Gasteiger partial charge on any atom is 0.00643 e. The SMILES string of the molecule is CCCNCCCC(C)N(C)CCC(C)C. The van der Waals surface area contributed by atoms with Crippen molar-refractivity contribution in [1.29, 1.82) is 0 Å². The Labute approximate surface area is 103 Å². The lowest BCUT2D eigenvalue weighted by molar-refractivity contribution is 0.230. The predicted molar refractivity (Wildman–Crippen MR) is 73.9 cm³/mol. The highest BCUT2D eigenvalue weighted by Crippen LogP contribution is 2.07. The van der Waals surface area contributed by atoms with Crippen molar-refractivity contribution in [2.24, 2.45) is 5.92 Å². The molecule has 2 nitrogen and oxygen atoms in total. The van der Waals surface area contributed by atoms with Crippen LogP contribution in [-0.4, -0.2) is 37.6 Å². The quantitative estimate of drug-likeness (QED) is 0.578. The van der Waals surface area contributed by atoms with Gasteiger partial charge in [0, 0.05) is 6.04 Å². The summed E-state index contributed by atoms with van der Waals surface area (Å²) >= 11 is 0. The first kappa shape index (κ1) is 15.9. The molecule has 0 spiro atoms. The third kappa shape index (κ3) is 9.17. The second-order valence-electron chi connectivity index (χ2n) is 5.40. The molecule has 0 radical (unpaired) electrons. The zero-order valence-corrected chi connectivity index (χ0v) is 12.1. The average Bonchev–Trinajstić information content (AvgIpc) is 2.25. The van der Waals surface area contributed by atoms with Crippen LogP contribution in [0.4, 0.5) is 0 Å². The fraction of sp³-hybridized carbons (Fsp3) is 1.00. The number of nitrogens with zero attached hydrogens (tertiary/aromatic N) is 1. The van der Waals surface area contributed by atoms with Gasteiger partial charge < -0.3 is 10.2 Å². The van der Waals surface area contributed by atoms with E-state index in [2.05, 4.69) is 45.0 Å². The summed E-state index contributed by atoms with van der Waals surface area (Å²) in [5.41, 5.74) is 0. The van der Waals surface area contributed by atoms with Gasteiger partial charge in [-0.25, -0.2) is 0 Å². The maximum atomic E-state index is 3.46. The van der Waals surface area contributed by atoms with E-state index >= 15 is 0 Å². The van der Waals surface area contributed by atoms with E-state index in [1.165, 1.54) is 38.8 Å². The molecule has 1 unspecified atom stereocenters. The van der Waals surface area contributed by atoms with Crippen molar-refractivity contribution in [1.82, 2.24) is 10.2 Å². The number of rotatable bonds is 10. The van der Waals surface area contributed by atoms with E-state index in [0.717, 1.165) is 18.5 Å². The minimum absolute atomic E-state index is 0.724. The first-order valence-electron chi connectivity index (χ1n) is 6.98. The monoisotopic (exact) mass is 228 g/mol. The summed E-state index contributed by atoms with van der Waals surface area (Å²) < 4.78 is 0. The molecule has 0 heterocycles. The number of hydrogen-bond donors (Lipinski definition) is 1. The summed E-state index contributed by atoms with van der Waals surface area (Å²) in [7, 11) is 2.26. The van der Waals surface area contributed by atoms with Crippen molar-refractivity contribution in [3.05, 3.63) is 0 Å². The van der Waals surface area contributed by atoms with Gasteiger partial charge in [-0.2, -0.15) is 0 Å². The van der Waals surface area contributed by atoms with Crippen LogP contribution in [0, 0.1) is 5.92 Å². The van der Waals surface area contributed by atoms with E-state index < -0.39 is 0 Å². The second-order valence-corrected chi connectivity index (χ2v) is 5.40. The average molecular weight is 228 g/mol. The molecule has 0 aliphatic heterocycles. The molecule has 1 N–H and O–H groups in total. The molecule has 0 aliphatic rings. The number of hydrogen-bond acceptors (Lipinski definition) is 2. The molecular formula is C14H32N2. The standard InChI is InChI=1S/C14H32N2/c1-6-10-15-11-7-8-14(4)16(5)12-9-13(2)3/h13-15H,6-12H2,1-5H3. The lowest BCUT2D eigenvalue weighted by Crippen LogP contribution is -2.31. The maximum absolute atomic E-state index is 3.46. The molecule has 0 aromatic heterocycles. The van der Waals surface area contributed by atoms with Gasteiger partial charge in [0.2, 0.25) is 0 Å². The molecule has 0 aromatic rings. The van der Waals surface area contributed by atoms with E-state index in [-0.39, 0.29) is 0 Å². The largest absolute Gasteiger partial charge is 0.317 e. The molecule has 1 atom stereocenters. The Bertz CT molecular complexity index is 146. The van der Waals surface area contributed by atoms with Crippen LogP contribution in [-0.2, 0) is 0 Å². The lowest BCUT2D eigenvalue weighted by atomic mass is 10.1. The summed E-state index contributed by atoms with van der Waals surface area (Å²) in [6.07, 6.45) is 5.16. The van der Waals surface area contributed by atoms with Crippen molar-refractivity contribution in [3.63, 3.8) is 0 Å². The summed E-state index contributed by atoms with van der Waals surface area (Å²) in [4.78, 5) is 2.50. The minimum atomic E-state index is 0.724. The fourth-order valence-electron chi connectivity index (χ4n) is 1.73. The van der Waals surface area contributed by atoms with Crippen molar-refractivity contribution in [3.8, 4) is 0 Å². The summed E-state index contributed by atoms with van der Waals surface area (Å²) in [5, 5.41) is 3.46. The van der Waals surface area contributed by atoms with Crippen molar-refractivity contribution < 1.29 is 0 Å². The predicted octanol–water partition coefficient (Wildman–Crippen LogP) is 3.13. The summed E-state index contributed by atoms with van der Waals surface area (Å²) in [5.74, 6) is 0.820. The van der Waals surface area contributed by atoms with E-state index in [4.69, 9.17) is 0 Å². The van der Waals surface area contributed by atoms with Crippen molar-refractivity contribution in [2.75, 3.05) is 26.7 Å². The van der Waals surface area contributed by atoms with Crippen molar-refractivity contribution in [2.45, 2.75) is 59.4 Å². The van der Waals surface area contributed by atoms with Crippen LogP contribution >= 0.6 is 0 Å². The van der Waals surface area contributed by atoms with Gasteiger partial charge in [-0.05, 0) is 65.2 Å². The Hall–Kier alpha value is -0.0800. The van der Waals surface area contributed by atoms with E-state index in [9.17, 15) is 0 Å². The zero-order chi connectivity index (χ0) is 12.4. The second kappa shape index (κ2) is 10.1. The third-order valence-corrected chi connectivity index (χ3v) is 3.21. The minimum Gasteiger partial charge on any atom is -0.317 e. The van der Waals surface area contributed by atoms with Gasteiger partial charge in [-0.1, -0.05) is 20.8 Å². The Morgan fingerprint density at radius 1 is 1.06 bits per heavy atom. The van der Waals surface area contributed by atoms with Crippen LogP contribution in [0.15, 0.2) is 0 Å². The fourth-order valence-corrected chi connectivity index (χ4v) is 1.73. The van der Waals surface area contributed by atoms with E-state index in [0.29, 0.717) is 0 Å².